The third-order valence-electron chi connectivity index (χ3n) is 3.45. The Morgan fingerprint density at radius 3 is 3.06 bits per heavy atom. The number of carbonyl (C=O) groups is 1. The van der Waals surface area contributed by atoms with E-state index in [2.05, 4.69) is 22.5 Å². The molecule has 1 aliphatic rings. The van der Waals surface area contributed by atoms with Crippen LogP contribution in [0.3, 0.4) is 0 Å². The number of piperidine rings is 1. The van der Waals surface area contributed by atoms with Crippen LogP contribution in [0.5, 0.6) is 0 Å². The number of nitrogens with zero attached hydrogens (tertiary/aromatic N) is 1. The maximum atomic E-state index is 11.9. The Kier molecular flexibility index (Phi) is 4.31. The number of hydrogen-bond donors (Lipinski definition) is 2. The summed E-state index contributed by atoms with van der Waals surface area (Å²) in [6.07, 6.45) is 4.38. The van der Waals surface area contributed by atoms with Crippen molar-refractivity contribution in [3.63, 3.8) is 0 Å². The Morgan fingerprint density at radius 1 is 1.56 bits per heavy atom. The highest BCUT2D eigenvalue weighted by molar-refractivity contribution is 5.78. The van der Waals surface area contributed by atoms with Gasteiger partial charge in [0.1, 0.15) is 0 Å². The van der Waals surface area contributed by atoms with Gasteiger partial charge in [0.05, 0.1) is 6.42 Å². The molecule has 2 atom stereocenters. The van der Waals surface area contributed by atoms with Gasteiger partial charge in [0.15, 0.2) is 0 Å². The Bertz CT molecular complexity index is 402. The monoisotopic (exact) mass is 247 g/mol. The van der Waals surface area contributed by atoms with E-state index in [1.54, 1.807) is 6.20 Å². The van der Waals surface area contributed by atoms with Crippen LogP contribution >= 0.6 is 0 Å². The SMILES string of the molecule is Cc1ccc(CC(=O)NC2CCCNC2C)cn1. The highest BCUT2D eigenvalue weighted by Gasteiger charge is 2.22. The average Bonchev–Trinajstić information content (AvgIpc) is 2.35. The van der Waals surface area contributed by atoms with Crippen LogP contribution in [0, 0.1) is 6.92 Å². The Morgan fingerprint density at radius 2 is 2.39 bits per heavy atom. The predicted molar refractivity (Wildman–Crippen MR) is 71.3 cm³/mol. The van der Waals surface area contributed by atoms with Gasteiger partial charge in [-0.2, -0.15) is 0 Å². The fourth-order valence-electron chi connectivity index (χ4n) is 2.29. The molecule has 2 rings (SSSR count). The zero-order chi connectivity index (χ0) is 13.0. The van der Waals surface area contributed by atoms with E-state index >= 15 is 0 Å². The second-order valence-corrected chi connectivity index (χ2v) is 5.04. The third-order valence-corrected chi connectivity index (χ3v) is 3.45. The molecule has 1 amide bonds. The minimum atomic E-state index is 0.0844. The van der Waals surface area contributed by atoms with Crippen LogP contribution in [-0.2, 0) is 11.2 Å². The average molecular weight is 247 g/mol. The molecule has 0 aromatic carbocycles. The lowest BCUT2D eigenvalue weighted by atomic mass is 9.99. The highest BCUT2D eigenvalue weighted by Crippen LogP contribution is 2.08. The van der Waals surface area contributed by atoms with E-state index in [-0.39, 0.29) is 11.9 Å². The van der Waals surface area contributed by atoms with Crippen molar-refractivity contribution in [2.75, 3.05) is 6.54 Å². The number of hydrogen-bond acceptors (Lipinski definition) is 3. The molecule has 0 bridgehead atoms. The molecule has 4 heteroatoms. The lowest BCUT2D eigenvalue weighted by Crippen LogP contribution is -2.52. The summed E-state index contributed by atoms with van der Waals surface area (Å²) in [7, 11) is 0. The largest absolute Gasteiger partial charge is 0.352 e. The molecule has 2 heterocycles. The molecule has 4 nitrogen and oxygen atoms in total. The minimum Gasteiger partial charge on any atom is -0.352 e. The zero-order valence-electron chi connectivity index (χ0n) is 11.1. The summed E-state index contributed by atoms with van der Waals surface area (Å²) in [5.41, 5.74) is 1.94. The Balaban J connectivity index is 1.86. The van der Waals surface area contributed by atoms with Gasteiger partial charge in [-0.05, 0) is 44.9 Å². The zero-order valence-corrected chi connectivity index (χ0v) is 11.1. The van der Waals surface area contributed by atoms with Gasteiger partial charge >= 0.3 is 0 Å². The minimum absolute atomic E-state index is 0.0844. The van der Waals surface area contributed by atoms with Crippen molar-refractivity contribution in [1.29, 1.82) is 0 Å². The van der Waals surface area contributed by atoms with E-state index in [1.165, 1.54) is 0 Å². The molecule has 0 aliphatic carbocycles. The molecule has 98 valence electrons. The van der Waals surface area contributed by atoms with Crippen LogP contribution in [-0.4, -0.2) is 29.5 Å². The van der Waals surface area contributed by atoms with Crippen LogP contribution in [0.25, 0.3) is 0 Å². The maximum absolute atomic E-state index is 11.9. The van der Waals surface area contributed by atoms with Crippen molar-refractivity contribution in [3.05, 3.63) is 29.6 Å². The molecular weight excluding hydrogens is 226 g/mol. The van der Waals surface area contributed by atoms with Gasteiger partial charge in [-0.1, -0.05) is 6.07 Å². The van der Waals surface area contributed by atoms with E-state index in [9.17, 15) is 4.79 Å². The van der Waals surface area contributed by atoms with Gasteiger partial charge in [0.25, 0.3) is 0 Å². The Hall–Kier alpha value is -1.42. The van der Waals surface area contributed by atoms with Gasteiger partial charge in [-0.3, -0.25) is 9.78 Å². The molecule has 1 aromatic heterocycles. The normalized spacial score (nSPS) is 23.7. The summed E-state index contributed by atoms with van der Waals surface area (Å²) in [4.78, 5) is 16.1. The first-order chi connectivity index (χ1) is 8.65. The van der Waals surface area contributed by atoms with Crippen molar-refractivity contribution in [2.45, 2.75) is 45.2 Å². The number of pyridine rings is 1. The fraction of sp³-hybridized carbons (Fsp3) is 0.571. The summed E-state index contributed by atoms with van der Waals surface area (Å²) >= 11 is 0. The van der Waals surface area contributed by atoms with E-state index in [1.807, 2.05) is 19.1 Å². The van der Waals surface area contributed by atoms with Gasteiger partial charge in [-0.15, -0.1) is 0 Å². The van der Waals surface area contributed by atoms with Gasteiger partial charge in [-0.25, -0.2) is 0 Å². The van der Waals surface area contributed by atoms with Gasteiger partial charge in [0.2, 0.25) is 5.91 Å². The molecule has 0 radical (unpaired) electrons. The van der Waals surface area contributed by atoms with Crippen LogP contribution < -0.4 is 10.6 Å². The number of amides is 1. The molecule has 2 unspecified atom stereocenters. The first kappa shape index (κ1) is 13.0. The van der Waals surface area contributed by atoms with Crippen molar-refractivity contribution in [2.24, 2.45) is 0 Å². The molecule has 1 saturated heterocycles. The number of aryl methyl sites for hydroxylation is 1. The van der Waals surface area contributed by atoms with Crippen molar-refractivity contribution >= 4 is 5.91 Å². The van der Waals surface area contributed by atoms with Crippen LogP contribution in [0.4, 0.5) is 0 Å². The summed E-state index contributed by atoms with van der Waals surface area (Å²) < 4.78 is 0. The highest BCUT2D eigenvalue weighted by atomic mass is 16.1. The smallest absolute Gasteiger partial charge is 0.224 e. The van der Waals surface area contributed by atoms with Gasteiger partial charge in [0, 0.05) is 24.0 Å². The van der Waals surface area contributed by atoms with Gasteiger partial charge < -0.3 is 10.6 Å². The molecule has 1 fully saturated rings. The van der Waals surface area contributed by atoms with E-state index in [0.717, 1.165) is 30.6 Å². The maximum Gasteiger partial charge on any atom is 0.224 e. The lowest BCUT2D eigenvalue weighted by Gasteiger charge is -2.30. The fourth-order valence-corrected chi connectivity index (χ4v) is 2.29. The number of aromatic nitrogens is 1. The Labute approximate surface area is 108 Å². The summed E-state index contributed by atoms with van der Waals surface area (Å²) in [6, 6.07) is 4.52. The molecule has 2 N–H and O–H groups in total. The van der Waals surface area contributed by atoms with E-state index < -0.39 is 0 Å². The first-order valence-electron chi connectivity index (χ1n) is 6.59. The van der Waals surface area contributed by atoms with Crippen molar-refractivity contribution < 1.29 is 4.79 Å². The first-order valence-corrected chi connectivity index (χ1v) is 6.59. The quantitative estimate of drug-likeness (QED) is 0.843. The topological polar surface area (TPSA) is 54.0 Å². The summed E-state index contributed by atoms with van der Waals surface area (Å²) in [5.74, 6) is 0.0844. The van der Waals surface area contributed by atoms with Crippen molar-refractivity contribution in [1.82, 2.24) is 15.6 Å². The second kappa shape index (κ2) is 5.96. The third kappa shape index (κ3) is 3.53. The molecule has 1 aromatic rings. The molecule has 1 aliphatic heterocycles. The summed E-state index contributed by atoms with van der Waals surface area (Å²) in [6.45, 7) is 5.12. The number of nitrogens with one attached hydrogen (secondary N) is 2. The number of carbonyl (C=O) groups excluding carboxylic acids is 1. The van der Waals surface area contributed by atoms with E-state index in [4.69, 9.17) is 0 Å². The van der Waals surface area contributed by atoms with Crippen LogP contribution in [0.1, 0.15) is 31.0 Å². The number of rotatable bonds is 3. The second-order valence-electron chi connectivity index (χ2n) is 5.04. The molecule has 0 saturated carbocycles. The summed E-state index contributed by atoms with van der Waals surface area (Å²) in [5, 5.41) is 6.48. The van der Waals surface area contributed by atoms with Crippen molar-refractivity contribution in [3.8, 4) is 0 Å². The van der Waals surface area contributed by atoms with Crippen LogP contribution in [0.15, 0.2) is 18.3 Å². The predicted octanol–water partition coefficient (Wildman–Crippen LogP) is 1.19. The lowest BCUT2D eigenvalue weighted by molar-refractivity contribution is -0.121. The molecular formula is C14H21N3O. The molecule has 0 spiro atoms. The molecule has 18 heavy (non-hydrogen) atoms. The van der Waals surface area contributed by atoms with Crippen LogP contribution in [0.2, 0.25) is 0 Å². The van der Waals surface area contributed by atoms with E-state index in [0.29, 0.717) is 12.5 Å². The standard InChI is InChI=1S/C14H21N3O/c1-10-5-6-12(9-16-10)8-14(18)17-13-4-3-7-15-11(13)2/h5-6,9,11,13,15H,3-4,7-8H2,1-2H3,(H,17,18).